The van der Waals surface area contributed by atoms with Crippen molar-refractivity contribution >= 4 is 17.7 Å². The molecule has 4 saturated carbocycles. The van der Waals surface area contributed by atoms with E-state index in [-0.39, 0.29) is 29.8 Å². The Labute approximate surface area is 242 Å². The minimum absolute atomic E-state index is 0.0687. The van der Waals surface area contributed by atoms with E-state index >= 15 is 0 Å². The third-order valence-electron chi connectivity index (χ3n) is 12.9. The molecule has 0 bridgehead atoms. The van der Waals surface area contributed by atoms with E-state index in [0.29, 0.717) is 46.9 Å². The van der Waals surface area contributed by atoms with Gasteiger partial charge in [0.15, 0.2) is 0 Å². The fraction of sp³-hybridized carbons (Fsp3) is 0.912. The van der Waals surface area contributed by atoms with E-state index in [1.54, 1.807) is 0 Å². The van der Waals surface area contributed by atoms with Gasteiger partial charge in [-0.25, -0.2) is 4.79 Å². The first-order chi connectivity index (χ1) is 18.9. The van der Waals surface area contributed by atoms with Crippen LogP contribution in [0.15, 0.2) is 0 Å². The van der Waals surface area contributed by atoms with E-state index in [4.69, 9.17) is 9.47 Å². The zero-order valence-electron chi connectivity index (χ0n) is 26.2. The molecule has 1 heterocycles. The molecule has 1 unspecified atom stereocenters. The number of ether oxygens (including phenoxy) is 2. The van der Waals surface area contributed by atoms with Gasteiger partial charge in [0.1, 0.15) is 11.8 Å². The molecule has 0 radical (unpaired) electrons. The quantitative estimate of drug-likeness (QED) is 0.352. The van der Waals surface area contributed by atoms with Gasteiger partial charge in [0.2, 0.25) is 5.91 Å². The molecule has 5 rings (SSSR count). The molecule has 12 atom stereocenters. The van der Waals surface area contributed by atoms with Crippen molar-refractivity contribution in [3.63, 3.8) is 0 Å². The SMILES string of the molecule is COC(=O)C(CC(C)C)NC(=O)[C@@H](C)CC[C@H]1O[C@H]2C[C@H]3[C@@H]4CC[C@@H]5CC(=O)CC[C@]5(C)[C@H]4CC[C@]3(C)[C@H]2[C@@H]1C. The number of hydrogen-bond acceptors (Lipinski definition) is 5. The predicted octanol–water partition coefficient (Wildman–Crippen LogP) is 6.35. The number of ketones is 1. The molecule has 0 aromatic carbocycles. The molecule has 0 aromatic heterocycles. The summed E-state index contributed by atoms with van der Waals surface area (Å²) < 4.78 is 11.8. The highest BCUT2D eigenvalue weighted by Gasteiger charge is 2.65. The van der Waals surface area contributed by atoms with E-state index in [9.17, 15) is 14.4 Å². The van der Waals surface area contributed by atoms with Crippen LogP contribution in [0.3, 0.4) is 0 Å². The highest BCUT2D eigenvalue weighted by Crippen LogP contribution is 2.69. The molecule has 1 aliphatic heterocycles. The van der Waals surface area contributed by atoms with Gasteiger partial charge in [-0.15, -0.1) is 0 Å². The standard InChI is InChI=1S/C34H55NO5/c1-19(2)16-27(32(38)39-7)35-31(37)20(3)8-11-28-21(4)30-29(40-28)18-26-24-10-9-22-17-23(36)12-14-33(22,5)25(24)13-15-34(26,30)6/h19-22,24-30H,8-18H2,1-7H3,(H,35,37)/t20-,21+,22+,24+,25-,26-,27?,28+,29-,30-,33-,34-/m0/s1. The number of rotatable bonds is 8. The summed E-state index contributed by atoms with van der Waals surface area (Å²) in [4.78, 5) is 37.4. The number of Topliss-reactive ketones (excluding diaryl/α,β-unsaturated/α-hetero) is 1. The monoisotopic (exact) mass is 557 g/mol. The third-order valence-corrected chi connectivity index (χ3v) is 12.9. The summed E-state index contributed by atoms with van der Waals surface area (Å²) in [6.07, 6.45) is 11.8. The molecule has 0 aromatic rings. The first kappa shape index (κ1) is 30.0. The van der Waals surface area contributed by atoms with Gasteiger partial charge in [-0.2, -0.15) is 0 Å². The van der Waals surface area contributed by atoms with E-state index in [0.717, 1.165) is 49.9 Å². The third kappa shape index (κ3) is 5.17. The topological polar surface area (TPSA) is 81.7 Å². The average molecular weight is 558 g/mol. The van der Waals surface area contributed by atoms with Gasteiger partial charge in [-0.1, -0.05) is 41.5 Å². The van der Waals surface area contributed by atoms with Gasteiger partial charge in [-0.3, -0.25) is 9.59 Å². The minimum atomic E-state index is -0.584. The highest BCUT2D eigenvalue weighted by atomic mass is 16.5. The van der Waals surface area contributed by atoms with Crippen molar-refractivity contribution in [1.29, 1.82) is 0 Å². The Balaban J connectivity index is 1.19. The normalized spacial score (nSPS) is 43.8. The first-order valence-corrected chi connectivity index (χ1v) is 16.4. The molecule has 1 amide bonds. The van der Waals surface area contributed by atoms with Gasteiger partial charge in [0, 0.05) is 18.8 Å². The number of carbonyl (C=O) groups excluding carboxylic acids is 3. The maximum absolute atomic E-state index is 13.0. The van der Waals surface area contributed by atoms with E-state index in [2.05, 4.69) is 26.1 Å². The summed E-state index contributed by atoms with van der Waals surface area (Å²) in [6, 6.07) is -0.584. The van der Waals surface area contributed by atoms with Crippen LogP contribution in [0.4, 0.5) is 0 Å². The summed E-state index contributed by atoms with van der Waals surface area (Å²) in [6.45, 7) is 13.6. The molecule has 4 aliphatic carbocycles. The second-order valence-corrected chi connectivity index (χ2v) is 15.5. The zero-order valence-corrected chi connectivity index (χ0v) is 26.2. The predicted molar refractivity (Wildman–Crippen MR) is 155 cm³/mol. The maximum Gasteiger partial charge on any atom is 0.328 e. The Morgan fingerprint density at radius 2 is 1.82 bits per heavy atom. The Hall–Kier alpha value is -1.43. The number of carbonyl (C=O) groups is 3. The maximum atomic E-state index is 13.0. The fourth-order valence-corrected chi connectivity index (χ4v) is 10.7. The first-order valence-electron chi connectivity index (χ1n) is 16.4. The summed E-state index contributed by atoms with van der Waals surface area (Å²) in [7, 11) is 1.38. The Morgan fingerprint density at radius 1 is 1.07 bits per heavy atom. The lowest BCUT2D eigenvalue weighted by Gasteiger charge is -2.60. The highest BCUT2D eigenvalue weighted by molar-refractivity contribution is 5.85. The van der Waals surface area contributed by atoms with E-state index < -0.39 is 6.04 Å². The lowest BCUT2D eigenvalue weighted by atomic mass is 9.44. The number of methoxy groups -OCH3 is 1. The van der Waals surface area contributed by atoms with Gasteiger partial charge >= 0.3 is 5.97 Å². The van der Waals surface area contributed by atoms with Crippen LogP contribution in [0.25, 0.3) is 0 Å². The summed E-state index contributed by atoms with van der Waals surface area (Å²) in [5.74, 6) is 4.16. The van der Waals surface area contributed by atoms with Crippen LogP contribution in [0.2, 0.25) is 0 Å². The van der Waals surface area contributed by atoms with Crippen molar-refractivity contribution in [3.05, 3.63) is 0 Å². The van der Waals surface area contributed by atoms with Crippen molar-refractivity contribution in [2.45, 2.75) is 130 Å². The van der Waals surface area contributed by atoms with Gasteiger partial charge in [0.25, 0.3) is 0 Å². The zero-order chi connectivity index (χ0) is 29.0. The number of amides is 1. The van der Waals surface area contributed by atoms with Crippen LogP contribution in [-0.4, -0.2) is 43.0 Å². The molecule has 40 heavy (non-hydrogen) atoms. The molecule has 5 fully saturated rings. The Kier molecular flexibility index (Phi) is 8.52. The molecule has 6 nitrogen and oxygen atoms in total. The van der Waals surface area contributed by atoms with Crippen molar-refractivity contribution < 1.29 is 23.9 Å². The van der Waals surface area contributed by atoms with Crippen LogP contribution in [0, 0.1) is 58.2 Å². The van der Waals surface area contributed by atoms with Crippen molar-refractivity contribution in [3.8, 4) is 0 Å². The van der Waals surface area contributed by atoms with Crippen LogP contribution < -0.4 is 5.32 Å². The van der Waals surface area contributed by atoms with Gasteiger partial charge < -0.3 is 14.8 Å². The van der Waals surface area contributed by atoms with Crippen LogP contribution in [0.1, 0.15) is 112 Å². The number of hydrogen-bond donors (Lipinski definition) is 1. The largest absolute Gasteiger partial charge is 0.467 e. The molecule has 6 heteroatoms. The number of fused-ring (bicyclic) bond motifs is 7. The molecular formula is C34H55NO5. The molecule has 0 spiro atoms. The molecule has 1 saturated heterocycles. The Morgan fingerprint density at radius 3 is 2.52 bits per heavy atom. The lowest BCUT2D eigenvalue weighted by Crippen LogP contribution is -2.54. The van der Waals surface area contributed by atoms with Crippen molar-refractivity contribution in [2.24, 2.45) is 58.2 Å². The van der Waals surface area contributed by atoms with Crippen LogP contribution in [0.5, 0.6) is 0 Å². The van der Waals surface area contributed by atoms with Crippen LogP contribution >= 0.6 is 0 Å². The Bertz CT molecular complexity index is 979. The van der Waals surface area contributed by atoms with Gasteiger partial charge in [-0.05, 0) is 110 Å². The second kappa shape index (κ2) is 11.3. The van der Waals surface area contributed by atoms with Crippen molar-refractivity contribution in [1.82, 2.24) is 5.32 Å². The van der Waals surface area contributed by atoms with E-state index in [1.807, 2.05) is 20.8 Å². The summed E-state index contributed by atoms with van der Waals surface area (Å²) in [5, 5.41) is 2.95. The number of esters is 1. The molecule has 1 N–H and O–H groups in total. The smallest absolute Gasteiger partial charge is 0.328 e. The molecule has 5 aliphatic rings. The molecular weight excluding hydrogens is 502 g/mol. The minimum Gasteiger partial charge on any atom is -0.467 e. The lowest BCUT2D eigenvalue weighted by molar-refractivity contribution is -0.146. The summed E-state index contributed by atoms with van der Waals surface area (Å²) >= 11 is 0. The van der Waals surface area contributed by atoms with Gasteiger partial charge in [0.05, 0.1) is 19.3 Å². The fourth-order valence-electron chi connectivity index (χ4n) is 10.7. The van der Waals surface area contributed by atoms with E-state index in [1.165, 1.54) is 39.2 Å². The average Bonchev–Trinajstić information content (AvgIpc) is 3.39. The molecule has 226 valence electrons. The summed E-state index contributed by atoms with van der Waals surface area (Å²) in [5.41, 5.74) is 0.685. The second-order valence-electron chi connectivity index (χ2n) is 15.5. The van der Waals surface area contributed by atoms with Crippen LogP contribution in [-0.2, 0) is 23.9 Å². The van der Waals surface area contributed by atoms with Crippen molar-refractivity contribution in [2.75, 3.05) is 7.11 Å². The number of nitrogens with one attached hydrogen (secondary N) is 1.